The van der Waals surface area contributed by atoms with E-state index in [1.54, 1.807) is 23.7 Å². The first kappa shape index (κ1) is 15.9. The molecule has 0 bridgehead atoms. The van der Waals surface area contributed by atoms with Gasteiger partial charge in [0.15, 0.2) is 10.9 Å². The molecular formula is C14H9BrN2O4S2. The van der Waals surface area contributed by atoms with Crippen molar-refractivity contribution in [2.45, 2.75) is 9.99 Å². The molecule has 9 heteroatoms. The number of hydrogen-bond acceptors (Lipinski definition) is 6. The Morgan fingerprint density at radius 2 is 1.91 bits per heavy atom. The van der Waals surface area contributed by atoms with Crippen LogP contribution in [0.15, 0.2) is 66.9 Å². The summed E-state index contributed by atoms with van der Waals surface area (Å²) in [5.74, 6) is -0.659. The third-order valence-corrected chi connectivity index (χ3v) is 5.71. The van der Waals surface area contributed by atoms with Crippen LogP contribution in [0.5, 0.6) is 0 Å². The van der Waals surface area contributed by atoms with E-state index in [4.69, 9.17) is 4.42 Å². The summed E-state index contributed by atoms with van der Waals surface area (Å²) >= 11 is 4.49. The standard InChI is InChI=1S/C14H9BrN2O4S2/c15-9-1-3-10(4-2-9)23(19,20)12-6-5-11(21-12)13(18)17-14-16-7-8-22-14/h1-8H,(H,16,17,18). The van der Waals surface area contributed by atoms with Crippen LogP contribution < -0.4 is 5.32 Å². The summed E-state index contributed by atoms with van der Waals surface area (Å²) in [6, 6.07) is 8.72. The normalized spacial score (nSPS) is 11.3. The summed E-state index contributed by atoms with van der Waals surface area (Å²) < 4.78 is 30.9. The van der Waals surface area contributed by atoms with Gasteiger partial charge in [-0.1, -0.05) is 15.9 Å². The van der Waals surface area contributed by atoms with Crippen molar-refractivity contribution in [3.63, 3.8) is 0 Å². The van der Waals surface area contributed by atoms with Crippen molar-refractivity contribution < 1.29 is 17.6 Å². The van der Waals surface area contributed by atoms with Gasteiger partial charge in [0, 0.05) is 16.0 Å². The van der Waals surface area contributed by atoms with Gasteiger partial charge >= 0.3 is 0 Å². The van der Waals surface area contributed by atoms with Gasteiger partial charge in [-0.25, -0.2) is 13.4 Å². The zero-order valence-corrected chi connectivity index (χ0v) is 14.6. The minimum Gasteiger partial charge on any atom is -0.439 e. The average Bonchev–Trinajstić information content (AvgIpc) is 3.19. The van der Waals surface area contributed by atoms with Crippen LogP contribution in [-0.2, 0) is 9.84 Å². The van der Waals surface area contributed by atoms with Crippen LogP contribution in [0, 0.1) is 0 Å². The first-order valence-electron chi connectivity index (χ1n) is 6.28. The van der Waals surface area contributed by atoms with Gasteiger partial charge in [-0.3, -0.25) is 10.1 Å². The molecule has 1 N–H and O–H groups in total. The zero-order chi connectivity index (χ0) is 16.4. The minimum atomic E-state index is -3.81. The minimum absolute atomic E-state index is 0.0851. The third-order valence-electron chi connectivity index (χ3n) is 2.85. The molecule has 0 fully saturated rings. The molecule has 3 aromatic rings. The van der Waals surface area contributed by atoms with Crippen molar-refractivity contribution >= 4 is 48.1 Å². The molecule has 2 heterocycles. The molecule has 6 nitrogen and oxygen atoms in total. The van der Waals surface area contributed by atoms with Gasteiger partial charge in [0.05, 0.1) is 4.90 Å². The van der Waals surface area contributed by atoms with Gasteiger partial charge in [0.2, 0.25) is 14.9 Å². The van der Waals surface area contributed by atoms with Crippen LogP contribution >= 0.6 is 27.3 Å². The number of carbonyl (C=O) groups excluding carboxylic acids is 1. The molecule has 0 saturated heterocycles. The fourth-order valence-electron chi connectivity index (χ4n) is 1.76. The second-order valence-corrected chi connectivity index (χ2v) is 8.06. The second-order valence-electron chi connectivity index (χ2n) is 4.37. The Morgan fingerprint density at radius 1 is 1.17 bits per heavy atom. The molecule has 23 heavy (non-hydrogen) atoms. The van der Waals surface area contributed by atoms with E-state index < -0.39 is 15.7 Å². The van der Waals surface area contributed by atoms with E-state index in [1.165, 1.54) is 35.6 Å². The zero-order valence-electron chi connectivity index (χ0n) is 11.4. The van der Waals surface area contributed by atoms with E-state index in [0.29, 0.717) is 5.13 Å². The summed E-state index contributed by atoms with van der Waals surface area (Å²) in [6.45, 7) is 0. The van der Waals surface area contributed by atoms with Crippen molar-refractivity contribution in [3.05, 3.63) is 58.2 Å². The number of benzene rings is 1. The maximum atomic E-state index is 12.4. The Kier molecular flexibility index (Phi) is 4.33. The topological polar surface area (TPSA) is 89.3 Å². The summed E-state index contributed by atoms with van der Waals surface area (Å²) in [5, 5.41) is 4.35. The van der Waals surface area contributed by atoms with Gasteiger partial charge < -0.3 is 4.42 Å². The van der Waals surface area contributed by atoms with Gasteiger partial charge in [-0.2, -0.15) is 0 Å². The molecule has 0 spiro atoms. The van der Waals surface area contributed by atoms with Crippen molar-refractivity contribution in [2.75, 3.05) is 5.32 Å². The Bertz CT molecular complexity index is 932. The van der Waals surface area contributed by atoms with Crippen LogP contribution in [0.1, 0.15) is 10.6 Å². The van der Waals surface area contributed by atoms with Crippen molar-refractivity contribution in [1.82, 2.24) is 4.98 Å². The van der Waals surface area contributed by atoms with Crippen LogP contribution in [0.3, 0.4) is 0 Å². The summed E-state index contributed by atoms with van der Waals surface area (Å²) in [7, 11) is -3.81. The maximum absolute atomic E-state index is 12.4. The number of anilines is 1. The lowest BCUT2D eigenvalue weighted by Gasteiger charge is -2.01. The van der Waals surface area contributed by atoms with E-state index >= 15 is 0 Å². The SMILES string of the molecule is O=C(Nc1nccs1)c1ccc(S(=O)(=O)c2ccc(Br)cc2)o1. The number of hydrogen-bond donors (Lipinski definition) is 1. The number of sulfone groups is 1. The molecule has 0 aliphatic rings. The van der Waals surface area contributed by atoms with E-state index in [1.807, 2.05) is 0 Å². The van der Waals surface area contributed by atoms with Gasteiger partial charge in [0.1, 0.15) is 0 Å². The highest BCUT2D eigenvalue weighted by molar-refractivity contribution is 9.10. The number of aromatic nitrogens is 1. The molecule has 0 aliphatic carbocycles. The van der Waals surface area contributed by atoms with Crippen LogP contribution in [0.4, 0.5) is 5.13 Å². The predicted octanol–water partition coefficient (Wildman–Crippen LogP) is 3.58. The number of amides is 1. The summed E-state index contributed by atoms with van der Waals surface area (Å²) in [6.07, 6.45) is 1.55. The predicted molar refractivity (Wildman–Crippen MR) is 88.4 cm³/mol. The molecule has 0 radical (unpaired) electrons. The van der Waals surface area contributed by atoms with E-state index in [2.05, 4.69) is 26.2 Å². The number of halogens is 1. The molecular weight excluding hydrogens is 404 g/mol. The molecule has 0 unspecified atom stereocenters. The van der Waals surface area contributed by atoms with Crippen molar-refractivity contribution in [3.8, 4) is 0 Å². The lowest BCUT2D eigenvalue weighted by atomic mass is 10.4. The maximum Gasteiger partial charge on any atom is 0.293 e. The van der Waals surface area contributed by atoms with E-state index in [-0.39, 0.29) is 15.7 Å². The number of nitrogens with one attached hydrogen (secondary N) is 1. The lowest BCUT2D eigenvalue weighted by Crippen LogP contribution is -2.10. The van der Waals surface area contributed by atoms with Gasteiger partial charge in [0.25, 0.3) is 5.91 Å². The monoisotopic (exact) mass is 412 g/mol. The number of nitrogens with zero attached hydrogens (tertiary/aromatic N) is 1. The number of furan rings is 1. The summed E-state index contributed by atoms with van der Waals surface area (Å²) in [4.78, 5) is 16.0. The largest absolute Gasteiger partial charge is 0.439 e. The van der Waals surface area contributed by atoms with Crippen molar-refractivity contribution in [2.24, 2.45) is 0 Å². The van der Waals surface area contributed by atoms with Crippen LogP contribution in [-0.4, -0.2) is 19.3 Å². The Balaban J connectivity index is 1.86. The molecule has 2 aromatic heterocycles. The van der Waals surface area contributed by atoms with Crippen LogP contribution in [0.25, 0.3) is 0 Å². The summed E-state index contributed by atoms with van der Waals surface area (Å²) in [5.41, 5.74) is 0. The number of rotatable bonds is 4. The Labute approximate surface area is 144 Å². The second kappa shape index (κ2) is 6.26. The Hall–Kier alpha value is -1.97. The molecule has 118 valence electrons. The fourth-order valence-corrected chi connectivity index (χ4v) is 3.72. The third kappa shape index (κ3) is 3.36. The smallest absolute Gasteiger partial charge is 0.293 e. The first-order valence-corrected chi connectivity index (χ1v) is 9.44. The van der Waals surface area contributed by atoms with Crippen LogP contribution in [0.2, 0.25) is 0 Å². The molecule has 3 rings (SSSR count). The highest BCUT2D eigenvalue weighted by Gasteiger charge is 2.23. The first-order chi connectivity index (χ1) is 11.0. The Morgan fingerprint density at radius 3 is 2.57 bits per heavy atom. The number of carbonyl (C=O) groups is 1. The molecule has 0 atom stereocenters. The molecule has 0 aliphatic heterocycles. The quantitative estimate of drug-likeness (QED) is 0.706. The van der Waals surface area contributed by atoms with Crippen molar-refractivity contribution in [1.29, 1.82) is 0 Å². The highest BCUT2D eigenvalue weighted by atomic mass is 79.9. The molecule has 0 saturated carbocycles. The fraction of sp³-hybridized carbons (Fsp3) is 0. The van der Waals surface area contributed by atoms with E-state index in [9.17, 15) is 13.2 Å². The van der Waals surface area contributed by atoms with E-state index in [0.717, 1.165) is 4.47 Å². The number of thiazole rings is 1. The lowest BCUT2D eigenvalue weighted by molar-refractivity contribution is 0.0991. The van der Waals surface area contributed by atoms with Gasteiger partial charge in [-0.05, 0) is 36.4 Å². The average molecular weight is 413 g/mol. The van der Waals surface area contributed by atoms with Gasteiger partial charge in [-0.15, -0.1) is 11.3 Å². The molecule has 1 amide bonds. The highest BCUT2D eigenvalue weighted by Crippen LogP contribution is 2.24. The molecule has 1 aromatic carbocycles.